The molecule has 1 aromatic heterocycles. The average Bonchev–Trinajstić information content (AvgIpc) is 2.29. The maximum Gasteiger partial charge on any atom is 0.327 e. The van der Waals surface area contributed by atoms with Crippen molar-refractivity contribution in [3.63, 3.8) is 0 Å². The zero-order valence-electron chi connectivity index (χ0n) is 8.75. The molecule has 3 N–H and O–H groups in total. The van der Waals surface area contributed by atoms with Gasteiger partial charge in [0, 0.05) is 18.8 Å². The van der Waals surface area contributed by atoms with E-state index in [-0.39, 0.29) is 12.4 Å². The van der Waals surface area contributed by atoms with Crippen LogP contribution in [0.5, 0.6) is 0 Å². The van der Waals surface area contributed by atoms with Crippen LogP contribution >= 0.6 is 0 Å². The van der Waals surface area contributed by atoms with Gasteiger partial charge in [-0.1, -0.05) is 0 Å². The second kappa shape index (κ2) is 6.07. The first-order valence-electron chi connectivity index (χ1n) is 4.64. The van der Waals surface area contributed by atoms with Gasteiger partial charge in [0.05, 0.1) is 0 Å². The summed E-state index contributed by atoms with van der Waals surface area (Å²) in [5, 5.41) is 13.2. The number of rotatable bonds is 4. The first-order chi connectivity index (χ1) is 8.13. The van der Waals surface area contributed by atoms with Crippen LogP contribution < -0.4 is 10.6 Å². The molecule has 1 aromatic rings. The Morgan fingerprint density at radius 3 is 2.65 bits per heavy atom. The summed E-state index contributed by atoms with van der Waals surface area (Å²) in [6.45, 7) is 0. The fourth-order valence-corrected chi connectivity index (χ4v) is 0.977. The molecule has 2 amide bonds. The van der Waals surface area contributed by atoms with Crippen LogP contribution in [0.2, 0.25) is 0 Å². The highest BCUT2D eigenvalue weighted by Gasteiger charge is 2.18. The van der Waals surface area contributed by atoms with E-state index in [2.05, 4.69) is 26.5 Å². The highest BCUT2D eigenvalue weighted by atomic mass is 16.4. The van der Waals surface area contributed by atoms with Crippen LogP contribution in [0.3, 0.4) is 0 Å². The molecule has 0 spiro atoms. The maximum atomic E-state index is 11.4. The number of carbonyl (C=O) groups excluding carboxylic acids is 1. The number of aliphatic carboxylic acids is 1. The smallest absolute Gasteiger partial charge is 0.327 e. The third-order valence-electron chi connectivity index (χ3n) is 1.72. The van der Waals surface area contributed by atoms with Crippen molar-refractivity contribution in [1.82, 2.24) is 15.3 Å². The van der Waals surface area contributed by atoms with Crippen molar-refractivity contribution in [2.24, 2.45) is 0 Å². The monoisotopic (exact) mass is 234 g/mol. The summed E-state index contributed by atoms with van der Waals surface area (Å²) in [6.07, 6.45) is 7.77. The SMILES string of the molecule is C#CCC(NC(=O)Nc1ncccn1)C(=O)O. The van der Waals surface area contributed by atoms with E-state index in [1.165, 1.54) is 12.4 Å². The van der Waals surface area contributed by atoms with Gasteiger partial charge in [-0.05, 0) is 6.07 Å². The van der Waals surface area contributed by atoms with Gasteiger partial charge in [0.1, 0.15) is 6.04 Å². The van der Waals surface area contributed by atoms with E-state index in [0.717, 1.165) is 0 Å². The highest BCUT2D eigenvalue weighted by molar-refractivity contribution is 5.90. The minimum absolute atomic E-state index is 0.0786. The minimum atomic E-state index is -1.20. The molecule has 1 unspecified atom stereocenters. The van der Waals surface area contributed by atoms with Crippen LogP contribution in [0.15, 0.2) is 18.5 Å². The normalized spacial score (nSPS) is 11.0. The van der Waals surface area contributed by atoms with Crippen LogP contribution in [-0.4, -0.2) is 33.1 Å². The molecule has 0 saturated heterocycles. The molecule has 0 radical (unpaired) electrons. The summed E-state index contributed by atoms with van der Waals surface area (Å²) in [5.41, 5.74) is 0. The Bertz CT molecular complexity index is 441. The quantitative estimate of drug-likeness (QED) is 0.640. The van der Waals surface area contributed by atoms with Crippen LogP contribution in [-0.2, 0) is 4.79 Å². The van der Waals surface area contributed by atoms with Gasteiger partial charge in [-0.15, -0.1) is 12.3 Å². The summed E-state index contributed by atoms with van der Waals surface area (Å²) < 4.78 is 0. The lowest BCUT2D eigenvalue weighted by molar-refractivity contribution is -0.139. The molecule has 0 aliphatic heterocycles. The molecule has 17 heavy (non-hydrogen) atoms. The third-order valence-corrected chi connectivity index (χ3v) is 1.72. The molecule has 0 fully saturated rings. The van der Waals surface area contributed by atoms with E-state index in [4.69, 9.17) is 11.5 Å². The summed E-state index contributed by atoms with van der Waals surface area (Å²) in [4.78, 5) is 29.6. The van der Waals surface area contributed by atoms with Crippen molar-refractivity contribution in [2.75, 3.05) is 5.32 Å². The molecule has 1 rings (SSSR count). The summed E-state index contributed by atoms with van der Waals surface area (Å²) in [5.74, 6) is 1.04. The number of carboxylic acids is 1. The number of amides is 2. The molecule has 0 aliphatic rings. The second-order valence-electron chi connectivity index (χ2n) is 2.97. The van der Waals surface area contributed by atoms with Gasteiger partial charge >= 0.3 is 12.0 Å². The lowest BCUT2D eigenvalue weighted by atomic mass is 10.2. The van der Waals surface area contributed by atoms with Crippen LogP contribution in [0.25, 0.3) is 0 Å². The summed E-state index contributed by atoms with van der Waals surface area (Å²) >= 11 is 0. The van der Waals surface area contributed by atoms with Gasteiger partial charge in [0.2, 0.25) is 5.95 Å². The van der Waals surface area contributed by atoms with Crippen molar-refractivity contribution in [1.29, 1.82) is 0 Å². The van der Waals surface area contributed by atoms with E-state index in [9.17, 15) is 9.59 Å². The number of urea groups is 1. The Balaban J connectivity index is 2.54. The minimum Gasteiger partial charge on any atom is -0.480 e. The van der Waals surface area contributed by atoms with Gasteiger partial charge in [0.25, 0.3) is 0 Å². The number of hydrogen-bond acceptors (Lipinski definition) is 4. The molecule has 7 nitrogen and oxygen atoms in total. The third kappa shape index (κ3) is 4.17. The standard InChI is InChI=1S/C10H10N4O3/c1-2-4-7(8(15)16)13-10(17)14-9-11-5-3-6-12-9/h1,3,5-7H,4H2,(H,15,16)(H2,11,12,13,14,17). The van der Waals surface area contributed by atoms with Crippen molar-refractivity contribution in [3.05, 3.63) is 18.5 Å². The van der Waals surface area contributed by atoms with E-state index in [1.807, 2.05) is 0 Å². The molecule has 0 aromatic carbocycles. The van der Waals surface area contributed by atoms with E-state index in [1.54, 1.807) is 6.07 Å². The average molecular weight is 234 g/mol. The lowest BCUT2D eigenvalue weighted by Gasteiger charge is -2.11. The first kappa shape index (κ1) is 12.4. The molecule has 1 heterocycles. The Hall–Kier alpha value is -2.62. The van der Waals surface area contributed by atoms with E-state index < -0.39 is 18.0 Å². The molecular weight excluding hydrogens is 224 g/mol. The van der Waals surface area contributed by atoms with Gasteiger partial charge < -0.3 is 10.4 Å². The number of aromatic nitrogens is 2. The second-order valence-corrected chi connectivity index (χ2v) is 2.97. The van der Waals surface area contributed by atoms with Gasteiger partial charge in [-0.3, -0.25) is 5.32 Å². The van der Waals surface area contributed by atoms with Gasteiger partial charge in [-0.25, -0.2) is 19.6 Å². The van der Waals surface area contributed by atoms with Crippen LogP contribution in [0.4, 0.5) is 10.7 Å². The van der Waals surface area contributed by atoms with Gasteiger partial charge in [-0.2, -0.15) is 0 Å². The van der Waals surface area contributed by atoms with E-state index in [0.29, 0.717) is 0 Å². The number of anilines is 1. The predicted octanol–water partition coefficient (Wildman–Crippen LogP) is 0.0746. The number of terminal acetylenes is 1. The zero-order chi connectivity index (χ0) is 12.7. The highest BCUT2D eigenvalue weighted by Crippen LogP contribution is 1.96. The number of hydrogen-bond donors (Lipinski definition) is 3. The molecule has 0 saturated carbocycles. The number of nitrogens with zero attached hydrogens (tertiary/aromatic N) is 2. The number of nitrogens with one attached hydrogen (secondary N) is 2. The molecule has 88 valence electrons. The van der Waals surface area contributed by atoms with Crippen molar-refractivity contribution < 1.29 is 14.7 Å². The Kier molecular flexibility index (Phi) is 4.45. The van der Waals surface area contributed by atoms with Crippen molar-refractivity contribution in [2.45, 2.75) is 12.5 Å². The van der Waals surface area contributed by atoms with Crippen LogP contribution in [0, 0.1) is 12.3 Å². The molecular formula is C10H10N4O3. The Labute approximate surface area is 97.3 Å². The molecule has 0 bridgehead atoms. The number of carbonyl (C=O) groups is 2. The lowest BCUT2D eigenvalue weighted by Crippen LogP contribution is -2.43. The zero-order valence-corrected chi connectivity index (χ0v) is 8.75. The Morgan fingerprint density at radius 2 is 2.12 bits per heavy atom. The number of carboxylic acid groups (broad SMARTS) is 1. The summed E-state index contributed by atoms with van der Waals surface area (Å²) in [6, 6.07) is -0.274. The topological polar surface area (TPSA) is 104 Å². The fraction of sp³-hybridized carbons (Fsp3) is 0.200. The predicted molar refractivity (Wildman–Crippen MR) is 59.1 cm³/mol. The van der Waals surface area contributed by atoms with Gasteiger partial charge in [0.15, 0.2) is 0 Å². The maximum absolute atomic E-state index is 11.4. The van der Waals surface area contributed by atoms with Crippen molar-refractivity contribution >= 4 is 17.9 Å². The van der Waals surface area contributed by atoms with Crippen molar-refractivity contribution in [3.8, 4) is 12.3 Å². The fourth-order valence-electron chi connectivity index (χ4n) is 0.977. The first-order valence-corrected chi connectivity index (χ1v) is 4.64. The molecule has 0 aliphatic carbocycles. The largest absolute Gasteiger partial charge is 0.480 e. The summed E-state index contributed by atoms with van der Waals surface area (Å²) in [7, 11) is 0. The van der Waals surface area contributed by atoms with Crippen LogP contribution in [0.1, 0.15) is 6.42 Å². The Morgan fingerprint density at radius 1 is 1.47 bits per heavy atom. The molecule has 7 heteroatoms. The van der Waals surface area contributed by atoms with E-state index >= 15 is 0 Å². The molecule has 1 atom stereocenters.